The minimum Gasteiger partial charge on any atom is -0.380 e. The van der Waals surface area contributed by atoms with Gasteiger partial charge in [0.25, 0.3) is 0 Å². The van der Waals surface area contributed by atoms with Crippen LogP contribution in [0, 0.1) is 22.7 Å². The molecule has 180 valence electrons. The van der Waals surface area contributed by atoms with Crippen LogP contribution in [-0.2, 0) is 4.74 Å². The average molecular weight is 456 g/mol. The first-order valence-corrected chi connectivity index (χ1v) is 12.2. The molecule has 0 bridgehead atoms. The number of likely N-dealkylation sites (tertiary alicyclic amines) is 1. The number of aromatic nitrogens is 2. The molecule has 0 aromatic carbocycles. The van der Waals surface area contributed by atoms with Crippen molar-refractivity contribution in [3.8, 4) is 6.07 Å². The van der Waals surface area contributed by atoms with Gasteiger partial charge >= 0.3 is 6.03 Å². The normalized spacial score (nSPS) is 25.9. The Labute approximate surface area is 197 Å². The Hall–Kier alpha value is -2.44. The molecule has 0 aliphatic carbocycles. The predicted octanol–water partition coefficient (Wildman–Crippen LogP) is 2.10. The number of hydrogen-bond acceptors (Lipinski definition) is 7. The number of hydrogen-bond donors (Lipinski definition) is 1. The van der Waals surface area contributed by atoms with E-state index in [0.29, 0.717) is 35.9 Å². The van der Waals surface area contributed by atoms with Crippen LogP contribution in [0.25, 0.3) is 0 Å². The van der Waals surface area contributed by atoms with Crippen LogP contribution in [0.2, 0.25) is 0 Å². The second-order valence-corrected chi connectivity index (χ2v) is 10.4. The quantitative estimate of drug-likeness (QED) is 0.701. The van der Waals surface area contributed by atoms with Crippen molar-refractivity contribution in [2.45, 2.75) is 52.1 Å². The minimum absolute atomic E-state index is 0.0192. The van der Waals surface area contributed by atoms with E-state index >= 15 is 0 Å². The highest BCUT2D eigenvalue weighted by atomic mass is 16.5. The molecule has 9 heteroatoms. The first-order valence-electron chi connectivity index (χ1n) is 12.2. The average Bonchev–Trinajstić information content (AvgIpc) is 2.79. The second kappa shape index (κ2) is 10.2. The van der Waals surface area contributed by atoms with Gasteiger partial charge in [-0.25, -0.2) is 14.8 Å². The number of amides is 2. The van der Waals surface area contributed by atoms with Gasteiger partial charge in [-0.05, 0) is 52.1 Å². The Morgan fingerprint density at radius 3 is 2.39 bits per heavy atom. The Morgan fingerprint density at radius 1 is 1.21 bits per heavy atom. The Bertz CT molecular complexity index is 831. The summed E-state index contributed by atoms with van der Waals surface area (Å²) in [6.45, 7) is 13.8. The van der Waals surface area contributed by atoms with Crippen LogP contribution in [0.1, 0.15) is 45.6 Å². The monoisotopic (exact) mass is 455 g/mol. The molecule has 3 saturated heterocycles. The fourth-order valence-corrected chi connectivity index (χ4v) is 5.42. The van der Waals surface area contributed by atoms with Gasteiger partial charge in [-0.1, -0.05) is 6.92 Å². The number of rotatable bonds is 6. The van der Waals surface area contributed by atoms with E-state index in [0.717, 1.165) is 45.8 Å². The van der Waals surface area contributed by atoms with Crippen LogP contribution in [0.5, 0.6) is 0 Å². The molecule has 4 rings (SSSR count). The summed E-state index contributed by atoms with van der Waals surface area (Å²) in [6, 6.07) is 2.16. The summed E-state index contributed by atoms with van der Waals surface area (Å²) >= 11 is 0. The van der Waals surface area contributed by atoms with Crippen LogP contribution in [-0.4, -0.2) is 90.4 Å². The largest absolute Gasteiger partial charge is 0.380 e. The van der Waals surface area contributed by atoms with Gasteiger partial charge in [0.1, 0.15) is 6.07 Å². The van der Waals surface area contributed by atoms with Gasteiger partial charge in [-0.3, -0.25) is 0 Å². The Kier molecular flexibility index (Phi) is 7.35. The lowest BCUT2D eigenvalue weighted by molar-refractivity contribution is -0.117. The molecule has 1 N–H and O–H groups in total. The van der Waals surface area contributed by atoms with Crippen molar-refractivity contribution in [2.75, 3.05) is 57.4 Å². The molecule has 9 nitrogen and oxygen atoms in total. The highest BCUT2D eigenvalue weighted by molar-refractivity contribution is 5.75. The van der Waals surface area contributed by atoms with Crippen molar-refractivity contribution < 1.29 is 9.53 Å². The van der Waals surface area contributed by atoms with E-state index in [1.165, 1.54) is 12.8 Å². The zero-order valence-corrected chi connectivity index (χ0v) is 20.2. The second-order valence-electron chi connectivity index (χ2n) is 10.4. The van der Waals surface area contributed by atoms with E-state index in [2.05, 4.69) is 45.9 Å². The van der Waals surface area contributed by atoms with Gasteiger partial charge in [0.15, 0.2) is 0 Å². The number of piperazine rings is 1. The molecule has 33 heavy (non-hydrogen) atoms. The van der Waals surface area contributed by atoms with Crippen molar-refractivity contribution in [3.05, 3.63) is 18.0 Å². The van der Waals surface area contributed by atoms with E-state index in [4.69, 9.17) is 10.00 Å². The van der Waals surface area contributed by atoms with Gasteiger partial charge in [-0.2, -0.15) is 5.26 Å². The first-order chi connectivity index (χ1) is 15.9. The van der Waals surface area contributed by atoms with E-state index < -0.39 is 0 Å². The fourth-order valence-electron chi connectivity index (χ4n) is 5.42. The van der Waals surface area contributed by atoms with Crippen molar-refractivity contribution in [3.63, 3.8) is 0 Å². The van der Waals surface area contributed by atoms with Gasteiger partial charge in [0.2, 0.25) is 5.95 Å². The number of piperidine rings is 1. The Balaban J connectivity index is 1.18. The van der Waals surface area contributed by atoms with Crippen molar-refractivity contribution >= 4 is 12.0 Å². The van der Waals surface area contributed by atoms with Gasteiger partial charge in [-0.15, -0.1) is 0 Å². The number of ether oxygens (including phenoxy) is 1. The van der Waals surface area contributed by atoms with Crippen LogP contribution < -0.4 is 10.2 Å². The molecule has 2 amide bonds. The molecule has 3 fully saturated rings. The number of anilines is 1. The van der Waals surface area contributed by atoms with Gasteiger partial charge in [0, 0.05) is 43.7 Å². The number of carbonyl (C=O) groups excluding carboxylic acids is 1. The molecule has 0 saturated carbocycles. The summed E-state index contributed by atoms with van der Waals surface area (Å²) in [4.78, 5) is 28.2. The van der Waals surface area contributed by atoms with Crippen molar-refractivity contribution in [1.82, 2.24) is 25.1 Å². The molecule has 0 radical (unpaired) electrons. The number of urea groups is 1. The molecule has 4 heterocycles. The molecule has 0 spiro atoms. The van der Waals surface area contributed by atoms with Gasteiger partial charge in [0.05, 0.1) is 31.2 Å². The van der Waals surface area contributed by atoms with Crippen LogP contribution >= 0.6 is 0 Å². The molecule has 3 aliphatic rings. The summed E-state index contributed by atoms with van der Waals surface area (Å²) in [7, 11) is 0. The predicted molar refractivity (Wildman–Crippen MR) is 126 cm³/mol. The van der Waals surface area contributed by atoms with Crippen LogP contribution in [0.15, 0.2) is 12.4 Å². The maximum atomic E-state index is 12.9. The Morgan fingerprint density at radius 2 is 1.85 bits per heavy atom. The summed E-state index contributed by atoms with van der Waals surface area (Å²) in [6.07, 6.45) is 6.56. The van der Waals surface area contributed by atoms with Crippen molar-refractivity contribution in [2.24, 2.45) is 11.3 Å². The maximum absolute atomic E-state index is 12.9. The SMILES string of the molecule is C[C@@H]1CN(c2ncc(C#N)cn2)C[C@H](C)N1C(=O)NCCC1CCN(CC2(C)COC2)CC1. The standard InChI is InChI=1S/C24H37N7O2/c1-18-13-30(22-27-11-21(10-25)12-28-22)14-19(2)31(18)23(32)26-7-4-20-5-8-29(9-6-20)15-24(3)16-33-17-24/h11-12,18-20H,4-9,13-17H2,1-3H3,(H,26,32)/t18-,19+. The number of carbonyl (C=O) groups is 1. The summed E-state index contributed by atoms with van der Waals surface area (Å²) < 4.78 is 5.39. The zero-order valence-electron chi connectivity index (χ0n) is 20.2. The fraction of sp³-hybridized carbons (Fsp3) is 0.750. The first kappa shape index (κ1) is 23.7. The summed E-state index contributed by atoms with van der Waals surface area (Å²) in [5.41, 5.74) is 0.801. The van der Waals surface area contributed by atoms with Crippen LogP contribution in [0.4, 0.5) is 10.7 Å². The molecule has 3 aliphatic heterocycles. The molecular weight excluding hydrogens is 418 g/mol. The van der Waals surface area contributed by atoms with E-state index in [-0.39, 0.29) is 18.1 Å². The highest BCUT2D eigenvalue weighted by Gasteiger charge is 2.36. The molecule has 1 aromatic rings. The summed E-state index contributed by atoms with van der Waals surface area (Å²) in [5, 5.41) is 12.1. The van der Waals surface area contributed by atoms with E-state index in [9.17, 15) is 4.79 Å². The summed E-state index contributed by atoms with van der Waals surface area (Å²) in [5.74, 6) is 1.30. The molecular formula is C24H37N7O2. The molecule has 0 unspecified atom stereocenters. The molecule has 2 atom stereocenters. The maximum Gasteiger partial charge on any atom is 0.318 e. The topological polar surface area (TPSA) is 97.6 Å². The lowest BCUT2D eigenvalue weighted by atomic mass is 9.86. The van der Waals surface area contributed by atoms with Crippen molar-refractivity contribution in [1.29, 1.82) is 5.26 Å². The van der Waals surface area contributed by atoms with Crippen LogP contribution in [0.3, 0.4) is 0 Å². The number of nitriles is 1. The van der Waals surface area contributed by atoms with Gasteiger partial charge < -0.3 is 24.8 Å². The highest BCUT2D eigenvalue weighted by Crippen LogP contribution is 2.30. The number of nitrogens with zero attached hydrogens (tertiary/aromatic N) is 6. The van der Waals surface area contributed by atoms with E-state index in [1.807, 2.05) is 11.0 Å². The minimum atomic E-state index is 0.0192. The molecule has 1 aromatic heterocycles. The lowest BCUT2D eigenvalue weighted by Crippen LogP contribution is -2.61. The smallest absolute Gasteiger partial charge is 0.318 e. The third kappa shape index (κ3) is 5.74. The third-order valence-corrected chi connectivity index (χ3v) is 7.25. The third-order valence-electron chi connectivity index (χ3n) is 7.25. The number of nitrogens with one attached hydrogen (secondary N) is 1. The zero-order chi connectivity index (χ0) is 23.4. The van der Waals surface area contributed by atoms with E-state index in [1.54, 1.807) is 12.4 Å². The lowest BCUT2D eigenvalue weighted by Gasteiger charge is -2.44.